The second-order valence-corrected chi connectivity index (χ2v) is 2.74. The van der Waals surface area contributed by atoms with Crippen molar-refractivity contribution in [2.24, 2.45) is 0 Å². The van der Waals surface area contributed by atoms with Crippen molar-refractivity contribution in [1.82, 2.24) is 0 Å². The van der Waals surface area contributed by atoms with Gasteiger partial charge in [-0.05, 0) is 10.6 Å². The van der Waals surface area contributed by atoms with Crippen LogP contribution in [0.2, 0.25) is 5.02 Å². The van der Waals surface area contributed by atoms with Crippen LogP contribution in [0, 0.1) is 6.92 Å². The Hall–Kier alpha value is 0.416. The maximum absolute atomic E-state index is 12.1. The van der Waals surface area contributed by atoms with Crippen LogP contribution in [0.25, 0.3) is 0 Å². The zero-order valence-corrected chi connectivity index (χ0v) is 10.8. The number of halogens is 5. The molecule has 1 aromatic rings. The molecule has 0 saturated heterocycles. The van der Waals surface area contributed by atoms with E-state index in [-0.39, 0.29) is 50.6 Å². The summed E-state index contributed by atoms with van der Waals surface area (Å²) in [7, 11) is 0. The van der Waals surface area contributed by atoms with E-state index in [0.717, 1.165) is 6.07 Å². The summed E-state index contributed by atoms with van der Waals surface area (Å²) >= 11 is 5.46. The molecule has 0 aromatic heterocycles. The average Bonchev–Trinajstić information content (AvgIpc) is 1.83. The van der Waals surface area contributed by atoms with E-state index in [9.17, 15) is 13.2 Å². The minimum Gasteiger partial charge on any atom is -1.00 e. The Balaban J connectivity index is 0. The van der Waals surface area contributed by atoms with E-state index >= 15 is 0 Å². The van der Waals surface area contributed by atoms with Gasteiger partial charge in [0, 0.05) is 0 Å². The van der Waals surface area contributed by atoms with Gasteiger partial charge < -0.3 is 17.0 Å². The fourth-order valence-corrected chi connectivity index (χ4v) is 1.03. The molecule has 0 saturated carbocycles. The largest absolute Gasteiger partial charge is 2.00 e. The molecule has 0 aliphatic heterocycles. The van der Waals surface area contributed by atoms with Gasteiger partial charge in [-0.2, -0.15) is 25.7 Å². The summed E-state index contributed by atoms with van der Waals surface area (Å²) in [5.74, 6) is 0. The summed E-state index contributed by atoms with van der Waals surface area (Å²) in [5, 5.41) is 0.257. The van der Waals surface area contributed by atoms with E-state index in [0.29, 0.717) is 0 Å². The normalized spacial score (nSPS) is 10.0. The summed E-state index contributed by atoms with van der Waals surface area (Å²) < 4.78 is 36.3. The summed E-state index contributed by atoms with van der Waals surface area (Å²) in [4.78, 5) is 0. The van der Waals surface area contributed by atoms with E-state index in [2.05, 4.69) is 6.92 Å². The van der Waals surface area contributed by atoms with Crippen LogP contribution in [0.15, 0.2) is 18.2 Å². The van der Waals surface area contributed by atoms with Crippen LogP contribution < -0.4 is 17.0 Å². The molecule has 74 valence electrons. The molecule has 0 N–H and O–H groups in total. The molecule has 0 fully saturated rings. The van der Waals surface area contributed by atoms with Gasteiger partial charge >= 0.3 is 29.2 Å². The van der Waals surface area contributed by atoms with Crippen LogP contribution in [0.1, 0.15) is 11.1 Å². The number of rotatable bonds is 0. The monoisotopic (exact) mass is 296 g/mol. The molecule has 14 heavy (non-hydrogen) atoms. The van der Waals surface area contributed by atoms with Crippen LogP contribution in [-0.2, 0) is 6.18 Å². The van der Waals surface area contributed by atoms with Crippen molar-refractivity contribution in [2.75, 3.05) is 0 Å². The van der Waals surface area contributed by atoms with Gasteiger partial charge in [0.05, 0.1) is 0 Å². The Bertz CT molecular complexity index is 301. The molecule has 0 amide bonds. The standard InChI is InChI=1S/C8H5ClF3.BrH.Mg/c1-5-4-6(9)2-3-7(5)8(10,11)12;;/h2-4H,1H2;1H;/q-1;;+2/p-1. The van der Waals surface area contributed by atoms with E-state index in [1.807, 2.05) is 0 Å². The first kappa shape index (κ1) is 16.8. The molecule has 0 radical (unpaired) electrons. The average molecular weight is 298 g/mol. The second kappa shape index (κ2) is 6.10. The zero-order valence-electron chi connectivity index (χ0n) is 7.04. The fraction of sp³-hybridized carbons (Fsp3) is 0.125. The molecular formula is C8H5BrClF3Mg. The van der Waals surface area contributed by atoms with Crippen LogP contribution in [0.3, 0.4) is 0 Å². The summed E-state index contributed by atoms with van der Waals surface area (Å²) in [6.45, 7) is 3.24. The van der Waals surface area contributed by atoms with Gasteiger partial charge in [0.2, 0.25) is 0 Å². The predicted molar refractivity (Wildman–Crippen MR) is 46.7 cm³/mol. The van der Waals surface area contributed by atoms with Crippen molar-refractivity contribution in [3.63, 3.8) is 0 Å². The number of hydrogen-bond donors (Lipinski definition) is 0. The van der Waals surface area contributed by atoms with Gasteiger partial charge in [0.25, 0.3) is 0 Å². The van der Waals surface area contributed by atoms with Crippen molar-refractivity contribution in [3.8, 4) is 0 Å². The molecule has 0 bridgehead atoms. The Kier molecular flexibility index (Phi) is 7.33. The molecule has 0 nitrogen and oxygen atoms in total. The van der Waals surface area contributed by atoms with E-state index in [4.69, 9.17) is 11.6 Å². The summed E-state index contributed by atoms with van der Waals surface area (Å²) in [5.41, 5.74) is -0.845. The first-order valence-electron chi connectivity index (χ1n) is 3.10. The molecule has 0 heterocycles. The molecule has 0 aliphatic rings. The van der Waals surface area contributed by atoms with E-state index in [1.165, 1.54) is 12.1 Å². The van der Waals surface area contributed by atoms with Gasteiger partial charge in [-0.15, -0.1) is 12.1 Å². The Morgan fingerprint density at radius 2 is 1.71 bits per heavy atom. The van der Waals surface area contributed by atoms with Crippen LogP contribution in [-0.4, -0.2) is 23.1 Å². The third-order valence-corrected chi connectivity index (χ3v) is 1.61. The second-order valence-electron chi connectivity index (χ2n) is 2.30. The van der Waals surface area contributed by atoms with Crippen molar-refractivity contribution in [3.05, 3.63) is 41.3 Å². The molecule has 0 spiro atoms. The molecule has 6 heteroatoms. The van der Waals surface area contributed by atoms with E-state index < -0.39 is 11.7 Å². The summed E-state index contributed by atoms with van der Waals surface area (Å²) in [6, 6.07) is 3.30. The van der Waals surface area contributed by atoms with Crippen LogP contribution >= 0.6 is 11.6 Å². The minimum absolute atomic E-state index is 0. The Morgan fingerprint density at radius 3 is 2.07 bits per heavy atom. The van der Waals surface area contributed by atoms with Gasteiger partial charge in [0.1, 0.15) is 0 Å². The Morgan fingerprint density at radius 1 is 1.21 bits per heavy atom. The fourth-order valence-electron chi connectivity index (χ4n) is 0.839. The number of hydrogen-bond acceptors (Lipinski definition) is 0. The molecule has 0 unspecified atom stereocenters. The predicted octanol–water partition coefficient (Wildman–Crippen LogP) is 0.164. The van der Waals surface area contributed by atoms with Gasteiger partial charge in [0.15, 0.2) is 0 Å². The van der Waals surface area contributed by atoms with Crippen LogP contribution in [0.5, 0.6) is 0 Å². The zero-order chi connectivity index (χ0) is 9.35. The van der Waals surface area contributed by atoms with Gasteiger partial charge in [-0.3, -0.25) is 0 Å². The van der Waals surface area contributed by atoms with Gasteiger partial charge in [-0.25, -0.2) is 0 Å². The van der Waals surface area contributed by atoms with Crippen molar-refractivity contribution >= 4 is 34.7 Å². The van der Waals surface area contributed by atoms with Gasteiger partial charge in [-0.1, -0.05) is 17.7 Å². The van der Waals surface area contributed by atoms with Crippen molar-refractivity contribution < 1.29 is 30.2 Å². The third kappa shape index (κ3) is 4.29. The number of alkyl halides is 3. The third-order valence-electron chi connectivity index (χ3n) is 1.37. The van der Waals surface area contributed by atoms with E-state index in [1.54, 1.807) is 0 Å². The van der Waals surface area contributed by atoms with Crippen molar-refractivity contribution in [1.29, 1.82) is 0 Å². The minimum atomic E-state index is -4.35. The first-order chi connectivity index (χ1) is 5.41. The smallest absolute Gasteiger partial charge is 1.00 e. The quantitative estimate of drug-likeness (QED) is 0.473. The first-order valence-corrected chi connectivity index (χ1v) is 3.48. The number of benzene rings is 1. The SMILES string of the molecule is [Br-].[CH2-]c1cc(Cl)ccc1C(F)(F)F.[Mg+2]. The molecule has 0 aliphatic carbocycles. The van der Waals surface area contributed by atoms with Crippen molar-refractivity contribution in [2.45, 2.75) is 6.18 Å². The Labute approximate surface area is 112 Å². The maximum Gasteiger partial charge on any atom is 2.00 e. The molecule has 1 rings (SSSR count). The molecule has 1 aromatic carbocycles. The molecular weight excluding hydrogens is 293 g/mol. The topological polar surface area (TPSA) is 0 Å². The maximum atomic E-state index is 12.1. The molecule has 0 atom stereocenters. The summed E-state index contributed by atoms with van der Waals surface area (Å²) in [6.07, 6.45) is -4.35. The van der Waals surface area contributed by atoms with Crippen LogP contribution in [0.4, 0.5) is 13.2 Å².